The summed E-state index contributed by atoms with van der Waals surface area (Å²) in [5, 5.41) is 11.7. The van der Waals surface area contributed by atoms with Crippen LogP contribution >= 0.6 is 0 Å². The van der Waals surface area contributed by atoms with Crippen LogP contribution in [0.2, 0.25) is 0 Å². The number of rotatable bonds is 1. The number of nitrogens with one attached hydrogen (secondary N) is 1. The van der Waals surface area contributed by atoms with Gasteiger partial charge in [0.2, 0.25) is 0 Å². The van der Waals surface area contributed by atoms with Crippen LogP contribution < -0.4 is 5.32 Å². The van der Waals surface area contributed by atoms with Crippen LogP contribution in [0.5, 0.6) is 0 Å². The molecule has 0 radical (unpaired) electrons. The first kappa shape index (κ1) is 9.06. The predicted molar refractivity (Wildman–Crippen MR) is 45.3 cm³/mol. The molecule has 1 aliphatic heterocycles. The van der Waals surface area contributed by atoms with Gasteiger partial charge in [0, 0.05) is 12.2 Å². The first-order valence-corrected chi connectivity index (χ1v) is 3.97. The minimum atomic E-state index is -0.826. The number of aliphatic hydroxyl groups excluding tert-OH is 1. The van der Waals surface area contributed by atoms with E-state index in [-0.39, 0.29) is 12.1 Å². The van der Waals surface area contributed by atoms with Crippen molar-refractivity contribution in [3.8, 4) is 0 Å². The molecule has 12 heavy (non-hydrogen) atoms. The summed E-state index contributed by atoms with van der Waals surface area (Å²) in [6.45, 7) is 5.61. The van der Waals surface area contributed by atoms with E-state index in [0.717, 1.165) is 5.57 Å². The van der Waals surface area contributed by atoms with Crippen molar-refractivity contribution < 1.29 is 9.90 Å². The molecule has 0 fully saturated rings. The van der Waals surface area contributed by atoms with Crippen LogP contribution in [0.15, 0.2) is 11.8 Å². The van der Waals surface area contributed by atoms with Crippen molar-refractivity contribution in [1.29, 1.82) is 0 Å². The molecule has 1 atom stereocenters. The molecule has 0 bridgehead atoms. The molecule has 2 N–H and O–H groups in total. The second-order valence-electron chi connectivity index (χ2n) is 3.23. The summed E-state index contributed by atoms with van der Waals surface area (Å²) in [6.07, 6.45) is 0.848. The van der Waals surface area contributed by atoms with Crippen molar-refractivity contribution in [2.75, 3.05) is 0 Å². The van der Waals surface area contributed by atoms with Crippen LogP contribution in [-0.4, -0.2) is 28.3 Å². The molecule has 4 nitrogen and oxygen atoms in total. The Morgan fingerprint density at radius 2 is 2.25 bits per heavy atom. The van der Waals surface area contributed by atoms with Gasteiger partial charge in [-0.1, -0.05) is 0 Å². The summed E-state index contributed by atoms with van der Waals surface area (Å²) in [6, 6.07) is -0.129. The lowest BCUT2D eigenvalue weighted by atomic mass is 10.2. The van der Waals surface area contributed by atoms with Crippen molar-refractivity contribution in [2.45, 2.75) is 33.0 Å². The van der Waals surface area contributed by atoms with Crippen molar-refractivity contribution in [3.63, 3.8) is 0 Å². The molecule has 1 heterocycles. The number of carbonyl (C=O) groups excluding carboxylic acids is 1. The molecule has 4 heteroatoms. The van der Waals surface area contributed by atoms with Gasteiger partial charge >= 0.3 is 6.03 Å². The number of hydrogen-bond donors (Lipinski definition) is 2. The van der Waals surface area contributed by atoms with Gasteiger partial charge in [0.15, 0.2) is 6.23 Å². The average Bonchev–Trinajstić information content (AvgIpc) is 1.96. The molecular formula is C8H14N2O2. The highest BCUT2D eigenvalue weighted by atomic mass is 16.3. The summed E-state index contributed by atoms with van der Waals surface area (Å²) in [4.78, 5) is 12.8. The van der Waals surface area contributed by atoms with Crippen molar-refractivity contribution in [2.24, 2.45) is 0 Å². The van der Waals surface area contributed by atoms with Crippen LogP contribution in [-0.2, 0) is 0 Å². The number of amides is 2. The molecule has 0 aromatic carbocycles. The second-order valence-corrected chi connectivity index (χ2v) is 3.23. The third-order valence-corrected chi connectivity index (χ3v) is 1.83. The standard InChI is InChI=1S/C8H14N2O2/c1-5(2)10-4-6(3)7(11)9-8(10)12/h4-5,7,11H,1-3H3,(H,9,12). The topological polar surface area (TPSA) is 52.6 Å². The van der Waals surface area contributed by atoms with Gasteiger partial charge in [0.05, 0.1) is 0 Å². The van der Waals surface area contributed by atoms with Gasteiger partial charge in [-0.05, 0) is 26.3 Å². The van der Waals surface area contributed by atoms with Crippen LogP contribution in [0.25, 0.3) is 0 Å². The summed E-state index contributed by atoms with van der Waals surface area (Å²) >= 11 is 0. The molecule has 0 spiro atoms. The molecular weight excluding hydrogens is 156 g/mol. The summed E-state index contributed by atoms with van der Waals surface area (Å²) in [5.74, 6) is 0. The lowest BCUT2D eigenvalue weighted by molar-refractivity contribution is 0.138. The number of urea groups is 1. The van der Waals surface area contributed by atoms with Crippen LogP contribution in [0.1, 0.15) is 20.8 Å². The molecule has 0 aliphatic carbocycles. The van der Waals surface area contributed by atoms with E-state index in [1.165, 1.54) is 0 Å². The minimum absolute atomic E-state index is 0.118. The third-order valence-electron chi connectivity index (χ3n) is 1.83. The van der Waals surface area contributed by atoms with Gasteiger partial charge in [-0.25, -0.2) is 4.79 Å². The first-order chi connectivity index (χ1) is 5.52. The summed E-state index contributed by atoms with van der Waals surface area (Å²) in [5.41, 5.74) is 0.753. The quantitative estimate of drug-likeness (QED) is 0.606. The van der Waals surface area contributed by atoms with E-state index in [4.69, 9.17) is 0 Å². The highest BCUT2D eigenvalue weighted by molar-refractivity contribution is 5.77. The average molecular weight is 170 g/mol. The van der Waals surface area contributed by atoms with Crippen molar-refractivity contribution >= 4 is 6.03 Å². The van der Waals surface area contributed by atoms with E-state index >= 15 is 0 Å². The zero-order valence-electron chi connectivity index (χ0n) is 7.53. The first-order valence-electron chi connectivity index (χ1n) is 3.97. The summed E-state index contributed by atoms with van der Waals surface area (Å²) < 4.78 is 0. The fraction of sp³-hybridized carbons (Fsp3) is 0.625. The molecule has 2 amide bonds. The Balaban J connectivity index is 2.83. The highest BCUT2D eigenvalue weighted by Crippen LogP contribution is 2.11. The molecule has 1 unspecified atom stereocenters. The molecule has 68 valence electrons. The van der Waals surface area contributed by atoms with Crippen molar-refractivity contribution in [1.82, 2.24) is 10.2 Å². The Morgan fingerprint density at radius 3 is 2.75 bits per heavy atom. The normalized spacial score (nSPS) is 24.1. The molecule has 0 aromatic heterocycles. The zero-order chi connectivity index (χ0) is 9.30. The van der Waals surface area contributed by atoms with E-state index in [0.29, 0.717) is 0 Å². The number of hydrogen-bond acceptors (Lipinski definition) is 2. The smallest absolute Gasteiger partial charge is 0.323 e. The Hall–Kier alpha value is -1.03. The third kappa shape index (κ3) is 1.58. The molecule has 0 aromatic rings. The SMILES string of the molecule is CC1=CN(C(C)C)C(=O)NC1O. The maximum absolute atomic E-state index is 11.2. The Labute approximate surface area is 71.9 Å². The van der Waals surface area contributed by atoms with E-state index in [9.17, 15) is 9.90 Å². The number of aliphatic hydroxyl groups is 1. The molecule has 1 aliphatic rings. The van der Waals surface area contributed by atoms with Gasteiger partial charge in [-0.3, -0.25) is 4.90 Å². The Bertz CT molecular complexity index is 223. The monoisotopic (exact) mass is 170 g/mol. The van der Waals surface area contributed by atoms with Gasteiger partial charge < -0.3 is 10.4 Å². The van der Waals surface area contributed by atoms with E-state index < -0.39 is 6.23 Å². The molecule has 0 saturated heterocycles. The fourth-order valence-corrected chi connectivity index (χ4v) is 1.04. The second kappa shape index (κ2) is 3.15. The van der Waals surface area contributed by atoms with E-state index in [1.54, 1.807) is 18.0 Å². The van der Waals surface area contributed by atoms with E-state index in [1.807, 2.05) is 13.8 Å². The van der Waals surface area contributed by atoms with Crippen LogP contribution in [0, 0.1) is 0 Å². The lowest BCUT2D eigenvalue weighted by Gasteiger charge is -2.30. The summed E-state index contributed by atoms with van der Waals surface area (Å²) in [7, 11) is 0. The highest BCUT2D eigenvalue weighted by Gasteiger charge is 2.23. The zero-order valence-corrected chi connectivity index (χ0v) is 7.53. The Morgan fingerprint density at radius 1 is 1.67 bits per heavy atom. The Kier molecular flexibility index (Phi) is 2.38. The van der Waals surface area contributed by atoms with Crippen LogP contribution in [0.4, 0.5) is 4.79 Å². The minimum Gasteiger partial charge on any atom is -0.370 e. The maximum Gasteiger partial charge on any atom is 0.323 e. The number of nitrogens with zero attached hydrogens (tertiary/aromatic N) is 1. The van der Waals surface area contributed by atoms with Crippen LogP contribution in [0.3, 0.4) is 0 Å². The molecule has 1 rings (SSSR count). The van der Waals surface area contributed by atoms with E-state index in [2.05, 4.69) is 5.32 Å². The number of carbonyl (C=O) groups is 1. The predicted octanol–water partition coefficient (Wildman–Crippen LogP) is 0.642. The van der Waals surface area contributed by atoms with Gasteiger partial charge in [-0.2, -0.15) is 0 Å². The molecule has 0 saturated carbocycles. The fourth-order valence-electron chi connectivity index (χ4n) is 1.04. The van der Waals surface area contributed by atoms with Gasteiger partial charge in [0.25, 0.3) is 0 Å². The largest absolute Gasteiger partial charge is 0.370 e. The maximum atomic E-state index is 11.2. The van der Waals surface area contributed by atoms with Gasteiger partial charge in [0.1, 0.15) is 0 Å². The van der Waals surface area contributed by atoms with Gasteiger partial charge in [-0.15, -0.1) is 0 Å². The van der Waals surface area contributed by atoms with Crippen molar-refractivity contribution in [3.05, 3.63) is 11.8 Å². The lowest BCUT2D eigenvalue weighted by Crippen LogP contribution is -2.49.